The summed E-state index contributed by atoms with van der Waals surface area (Å²) in [6, 6.07) is 1.53. The standard InChI is InChI=1S/C7H5BrClN3O2S2/c8-4-3-10-11-6(4)12-16(13,14)7-5(9)1-2-15-7/h1-3H,(H2,10,11,12). The predicted molar refractivity (Wildman–Crippen MR) is 66.4 cm³/mol. The minimum absolute atomic E-state index is 0.0793. The number of aromatic amines is 1. The minimum Gasteiger partial charge on any atom is -0.262 e. The Morgan fingerprint density at radius 2 is 2.31 bits per heavy atom. The second kappa shape index (κ2) is 4.36. The fourth-order valence-electron chi connectivity index (χ4n) is 0.995. The molecule has 0 aliphatic heterocycles. The molecule has 2 aromatic rings. The molecule has 0 fully saturated rings. The molecule has 0 radical (unpaired) electrons. The Bertz CT molecular complexity index is 607. The van der Waals surface area contributed by atoms with Gasteiger partial charge in [-0.1, -0.05) is 11.6 Å². The number of thiophene rings is 1. The van der Waals surface area contributed by atoms with Crippen molar-refractivity contribution in [2.45, 2.75) is 4.21 Å². The average molecular weight is 343 g/mol. The Kier molecular flexibility index (Phi) is 3.24. The highest BCUT2D eigenvalue weighted by Crippen LogP contribution is 2.29. The predicted octanol–water partition coefficient (Wildman–Crippen LogP) is 2.69. The van der Waals surface area contributed by atoms with E-state index in [1.165, 1.54) is 12.3 Å². The van der Waals surface area contributed by atoms with Gasteiger partial charge in [-0.25, -0.2) is 8.42 Å². The van der Waals surface area contributed by atoms with Crippen molar-refractivity contribution in [3.63, 3.8) is 0 Å². The lowest BCUT2D eigenvalue weighted by atomic mass is 10.7. The molecule has 0 bridgehead atoms. The Morgan fingerprint density at radius 1 is 1.56 bits per heavy atom. The van der Waals surface area contributed by atoms with E-state index in [4.69, 9.17) is 11.6 Å². The fraction of sp³-hybridized carbons (Fsp3) is 0. The van der Waals surface area contributed by atoms with E-state index in [2.05, 4.69) is 30.8 Å². The van der Waals surface area contributed by atoms with Gasteiger partial charge in [0.1, 0.15) is 5.82 Å². The molecule has 0 saturated carbocycles. The van der Waals surface area contributed by atoms with Crippen molar-refractivity contribution in [3.8, 4) is 0 Å². The molecule has 0 saturated heterocycles. The van der Waals surface area contributed by atoms with Gasteiger partial charge in [0.05, 0.1) is 15.7 Å². The molecule has 0 unspecified atom stereocenters. The first-order valence-electron chi connectivity index (χ1n) is 3.95. The van der Waals surface area contributed by atoms with Crippen LogP contribution < -0.4 is 4.72 Å². The van der Waals surface area contributed by atoms with Crippen LogP contribution in [-0.4, -0.2) is 18.6 Å². The third-order valence-corrected chi connectivity index (χ3v) is 5.63. The SMILES string of the molecule is O=S(=O)(Nc1[nH]ncc1Br)c1sccc1Cl. The van der Waals surface area contributed by atoms with Gasteiger partial charge in [-0.15, -0.1) is 11.3 Å². The number of H-pyrrole nitrogens is 1. The number of nitrogens with zero attached hydrogens (tertiary/aromatic N) is 1. The van der Waals surface area contributed by atoms with E-state index in [0.717, 1.165) is 11.3 Å². The number of hydrogen-bond donors (Lipinski definition) is 2. The van der Waals surface area contributed by atoms with Crippen LogP contribution in [0.25, 0.3) is 0 Å². The number of aromatic nitrogens is 2. The molecule has 9 heteroatoms. The quantitative estimate of drug-likeness (QED) is 0.900. The zero-order valence-electron chi connectivity index (χ0n) is 7.57. The summed E-state index contributed by atoms with van der Waals surface area (Å²) < 4.78 is 26.7. The number of sulfonamides is 1. The van der Waals surface area contributed by atoms with Gasteiger partial charge in [0.15, 0.2) is 4.21 Å². The maximum Gasteiger partial charge on any atom is 0.274 e. The van der Waals surface area contributed by atoms with Crippen molar-refractivity contribution >= 4 is 54.7 Å². The molecule has 2 aromatic heterocycles. The third kappa shape index (κ3) is 2.24. The molecule has 2 rings (SSSR count). The molecule has 0 aliphatic rings. The Balaban J connectivity index is 2.36. The number of nitrogens with one attached hydrogen (secondary N) is 2. The maximum absolute atomic E-state index is 11.9. The highest BCUT2D eigenvalue weighted by atomic mass is 79.9. The van der Waals surface area contributed by atoms with Crippen molar-refractivity contribution in [1.29, 1.82) is 0 Å². The summed E-state index contributed by atoms with van der Waals surface area (Å²) in [6.45, 7) is 0. The van der Waals surface area contributed by atoms with Gasteiger partial charge in [-0.05, 0) is 27.4 Å². The molecule has 5 nitrogen and oxygen atoms in total. The lowest BCUT2D eigenvalue weighted by Crippen LogP contribution is -2.12. The van der Waals surface area contributed by atoms with Gasteiger partial charge in [-0.3, -0.25) is 9.82 Å². The molecular weight excluding hydrogens is 338 g/mol. The molecule has 16 heavy (non-hydrogen) atoms. The Morgan fingerprint density at radius 3 is 2.81 bits per heavy atom. The molecule has 86 valence electrons. The maximum atomic E-state index is 11.9. The van der Waals surface area contributed by atoms with E-state index in [-0.39, 0.29) is 15.0 Å². The Hall–Kier alpha value is -0.570. The van der Waals surface area contributed by atoms with Gasteiger partial charge >= 0.3 is 0 Å². The van der Waals surface area contributed by atoms with Crippen LogP contribution in [0.2, 0.25) is 5.02 Å². The van der Waals surface area contributed by atoms with Crippen molar-refractivity contribution < 1.29 is 8.42 Å². The highest BCUT2D eigenvalue weighted by Gasteiger charge is 2.21. The van der Waals surface area contributed by atoms with Crippen LogP contribution in [0.5, 0.6) is 0 Å². The summed E-state index contributed by atoms with van der Waals surface area (Å²) in [5.41, 5.74) is 0. The summed E-state index contributed by atoms with van der Waals surface area (Å²) >= 11 is 9.96. The molecule has 0 amide bonds. The zero-order chi connectivity index (χ0) is 11.8. The molecule has 2 N–H and O–H groups in total. The van der Waals surface area contributed by atoms with Crippen LogP contribution in [-0.2, 0) is 10.0 Å². The number of halogens is 2. The van der Waals surface area contributed by atoms with Crippen molar-refractivity contribution in [3.05, 3.63) is 27.1 Å². The normalized spacial score (nSPS) is 11.6. The second-order valence-electron chi connectivity index (χ2n) is 2.75. The topological polar surface area (TPSA) is 74.8 Å². The van der Waals surface area contributed by atoms with Gasteiger partial charge in [-0.2, -0.15) is 5.10 Å². The van der Waals surface area contributed by atoms with Crippen molar-refractivity contribution in [2.75, 3.05) is 4.72 Å². The lowest BCUT2D eigenvalue weighted by molar-refractivity contribution is 0.603. The minimum atomic E-state index is -3.66. The number of hydrogen-bond acceptors (Lipinski definition) is 4. The monoisotopic (exact) mass is 341 g/mol. The largest absolute Gasteiger partial charge is 0.274 e. The fourth-order valence-corrected chi connectivity index (χ4v) is 4.14. The van der Waals surface area contributed by atoms with E-state index in [1.54, 1.807) is 5.38 Å². The molecule has 2 heterocycles. The van der Waals surface area contributed by atoms with Gasteiger partial charge in [0.2, 0.25) is 0 Å². The van der Waals surface area contributed by atoms with E-state index in [9.17, 15) is 8.42 Å². The van der Waals surface area contributed by atoms with Gasteiger partial charge in [0.25, 0.3) is 10.0 Å². The summed E-state index contributed by atoms with van der Waals surface area (Å²) in [6.07, 6.45) is 1.45. The summed E-state index contributed by atoms with van der Waals surface area (Å²) in [5, 5.41) is 8.01. The number of rotatable bonds is 3. The molecular formula is C7H5BrClN3O2S2. The van der Waals surface area contributed by atoms with Gasteiger partial charge < -0.3 is 0 Å². The van der Waals surface area contributed by atoms with Gasteiger partial charge in [0, 0.05) is 0 Å². The van der Waals surface area contributed by atoms with Crippen LogP contribution in [0.1, 0.15) is 0 Å². The number of anilines is 1. The van der Waals surface area contributed by atoms with Crippen LogP contribution in [0, 0.1) is 0 Å². The lowest BCUT2D eigenvalue weighted by Gasteiger charge is -2.04. The van der Waals surface area contributed by atoms with E-state index < -0.39 is 10.0 Å². The Labute approximate surface area is 109 Å². The highest BCUT2D eigenvalue weighted by molar-refractivity contribution is 9.10. The van der Waals surface area contributed by atoms with Crippen LogP contribution >= 0.6 is 38.9 Å². The van der Waals surface area contributed by atoms with Crippen LogP contribution in [0.3, 0.4) is 0 Å². The van der Waals surface area contributed by atoms with Crippen LogP contribution in [0.15, 0.2) is 26.3 Å². The smallest absolute Gasteiger partial charge is 0.262 e. The summed E-state index contributed by atoms with van der Waals surface area (Å²) in [4.78, 5) is 0. The van der Waals surface area contributed by atoms with Crippen molar-refractivity contribution in [1.82, 2.24) is 10.2 Å². The molecule has 0 aliphatic carbocycles. The summed E-state index contributed by atoms with van der Waals surface area (Å²) in [7, 11) is -3.66. The molecule has 0 aromatic carbocycles. The zero-order valence-corrected chi connectivity index (χ0v) is 11.5. The first-order chi connectivity index (χ1) is 7.50. The van der Waals surface area contributed by atoms with Crippen molar-refractivity contribution in [2.24, 2.45) is 0 Å². The molecule has 0 spiro atoms. The first-order valence-corrected chi connectivity index (χ1v) is 7.49. The van der Waals surface area contributed by atoms with E-state index >= 15 is 0 Å². The average Bonchev–Trinajstić information content (AvgIpc) is 2.76. The van der Waals surface area contributed by atoms with Crippen LogP contribution in [0.4, 0.5) is 5.82 Å². The molecule has 0 atom stereocenters. The first kappa shape index (κ1) is 11.9. The second-order valence-corrected chi connectivity index (χ2v) is 6.81. The van der Waals surface area contributed by atoms with E-state index in [1.807, 2.05) is 0 Å². The summed E-state index contributed by atoms with van der Waals surface area (Å²) in [5.74, 6) is 0.268. The van der Waals surface area contributed by atoms with E-state index in [0.29, 0.717) is 4.47 Å². The third-order valence-electron chi connectivity index (χ3n) is 1.66.